The fourth-order valence-electron chi connectivity index (χ4n) is 1.84. The van der Waals surface area contributed by atoms with Crippen LogP contribution < -0.4 is 15.6 Å². The quantitative estimate of drug-likeness (QED) is 0.596. The van der Waals surface area contributed by atoms with E-state index in [-0.39, 0.29) is 27.9 Å². The van der Waals surface area contributed by atoms with Gasteiger partial charge in [-0.1, -0.05) is 53.0 Å². The van der Waals surface area contributed by atoms with E-state index in [1.165, 1.54) is 24.3 Å². The number of hydrogen-bond donors (Lipinski definition) is 3. The standard InChI is InChI=1S/C15H14Cl3N3O3S/c16-10-8-12(17)15(13(18)9-10)21-20-14(22)6-7-19-25(23,24)11-4-2-1-3-5-11/h1-5,8-9,19,21H,6-7H2,(H,20,22). The molecule has 0 aromatic heterocycles. The molecule has 0 saturated carbocycles. The molecule has 0 aliphatic heterocycles. The van der Waals surface area contributed by atoms with Gasteiger partial charge in [0, 0.05) is 18.0 Å². The third kappa shape index (κ3) is 5.76. The number of sulfonamides is 1. The van der Waals surface area contributed by atoms with Gasteiger partial charge < -0.3 is 0 Å². The van der Waals surface area contributed by atoms with Gasteiger partial charge in [-0.05, 0) is 24.3 Å². The van der Waals surface area contributed by atoms with Gasteiger partial charge in [0.05, 0.1) is 20.6 Å². The molecule has 0 heterocycles. The van der Waals surface area contributed by atoms with Crippen molar-refractivity contribution in [3.8, 4) is 0 Å². The fourth-order valence-corrected chi connectivity index (χ4v) is 3.80. The molecular weight excluding hydrogens is 409 g/mol. The van der Waals surface area contributed by atoms with E-state index in [0.717, 1.165) is 0 Å². The second kappa shape index (κ2) is 8.73. The SMILES string of the molecule is O=C(CCNS(=O)(=O)c1ccccc1)NNc1c(Cl)cc(Cl)cc1Cl. The van der Waals surface area contributed by atoms with Crippen LogP contribution in [0.3, 0.4) is 0 Å². The van der Waals surface area contributed by atoms with E-state index in [4.69, 9.17) is 34.8 Å². The number of nitrogens with one attached hydrogen (secondary N) is 3. The Morgan fingerprint density at radius 3 is 2.20 bits per heavy atom. The zero-order valence-corrected chi connectivity index (χ0v) is 15.8. The second-order valence-electron chi connectivity index (χ2n) is 4.88. The highest BCUT2D eigenvalue weighted by Gasteiger charge is 2.14. The van der Waals surface area contributed by atoms with Crippen LogP contribution in [0.4, 0.5) is 5.69 Å². The smallest absolute Gasteiger partial charge is 0.240 e. The van der Waals surface area contributed by atoms with Crippen molar-refractivity contribution < 1.29 is 13.2 Å². The monoisotopic (exact) mass is 421 g/mol. The summed E-state index contributed by atoms with van der Waals surface area (Å²) in [6, 6.07) is 10.8. The summed E-state index contributed by atoms with van der Waals surface area (Å²) in [4.78, 5) is 11.9. The third-order valence-corrected chi connectivity index (χ3v) is 5.32. The Hall–Kier alpha value is -1.51. The van der Waals surface area contributed by atoms with Crippen molar-refractivity contribution in [2.75, 3.05) is 12.0 Å². The van der Waals surface area contributed by atoms with E-state index in [1.54, 1.807) is 18.2 Å². The first-order chi connectivity index (χ1) is 11.8. The van der Waals surface area contributed by atoms with Crippen LogP contribution in [0.5, 0.6) is 0 Å². The maximum Gasteiger partial charge on any atom is 0.240 e. The number of hydrogen-bond acceptors (Lipinski definition) is 4. The molecule has 0 aliphatic carbocycles. The summed E-state index contributed by atoms with van der Waals surface area (Å²) in [5.74, 6) is -0.446. The van der Waals surface area contributed by atoms with Gasteiger partial charge >= 0.3 is 0 Å². The number of hydrazine groups is 1. The van der Waals surface area contributed by atoms with E-state index in [9.17, 15) is 13.2 Å². The van der Waals surface area contributed by atoms with Crippen molar-refractivity contribution >= 4 is 56.4 Å². The molecule has 3 N–H and O–H groups in total. The average Bonchev–Trinajstić information content (AvgIpc) is 2.54. The Bertz CT molecular complexity index is 838. The van der Waals surface area contributed by atoms with E-state index in [2.05, 4.69) is 15.6 Å². The van der Waals surface area contributed by atoms with E-state index in [1.807, 2.05) is 0 Å². The van der Waals surface area contributed by atoms with Crippen LogP contribution in [0.1, 0.15) is 6.42 Å². The molecule has 0 radical (unpaired) electrons. The molecule has 2 aromatic rings. The van der Waals surface area contributed by atoms with Crippen LogP contribution >= 0.6 is 34.8 Å². The van der Waals surface area contributed by atoms with Gasteiger partial charge in [-0.25, -0.2) is 13.1 Å². The first kappa shape index (κ1) is 19.8. The lowest BCUT2D eigenvalue weighted by molar-refractivity contribution is -0.120. The molecule has 0 aliphatic rings. The van der Waals surface area contributed by atoms with Gasteiger partial charge in [0.2, 0.25) is 15.9 Å². The van der Waals surface area contributed by atoms with Gasteiger partial charge in [-0.15, -0.1) is 0 Å². The number of anilines is 1. The molecule has 25 heavy (non-hydrogen) atoms. The third-order valence-electron chi connectivity index (χ3n) is 3.03. The highest BCUT2D eigenvalue weighted by molar-refractivity contribution is 7.89. The molecule has 0 spiro atoms. The minimum Gasteiger partial charge on any atom is -0.296 e. The first-order valence-corrected chi connectivity index (χ1v) is 9.65. The molecule has 0 atom stereocenters. The molecule has 1 amide bonds. The minimum absolute atomic E-state index is 0.0627. The van der Waals surface area contributed by atoms with Crippen LogP contribution in [0, 0.1) is 0 Å². The van der Waals surface area contributed by atoms with Crippen molar-refractivity contribution in [3.63, 3.8) is 0 Å². The molecule has 2 rings (SSSR count). The lowest BCUT2D eigenvalue weighted by Gasteiger charge is -2.12. The van der Waals surface area contributed by atoms with E-state index < -0.39 is 15.9 Å². The minimum atomic E-state index is -3.65. The van der Waals surface area contributed by atoms with E-state index in [0.29, 0.717) is 10.7 Å². The zero-order valence-electron chi connectivity index (χ0n) is 12.7. The van der Waals surface area contributed by atoms with Crippen molar-refractivity contribution in [3.05, 3.63) is 57.5 Å². The molecule has 0 unspecified atom stereocenters. The molecule has 0 bridgehead atoms. The van der Waals surface area contributed by atoms with Crippen LogP contribution in [-0.4, -0.2) is 20.9 Å². The Kier molecular flexibility index (Phi) is 6.92. The molecular formula is C15H14Cl3N3O3S. The van der Waals surface area contributed by atoms with Gasteiger partial charge in [-0.2, -0.15) is 0 Å². The first-order valence-electron chi connectivity index (χ1n) is 7.04. The number of carbonyl (C=O) groups is 1. The van der Waals surface area contributed by atoms with Crippen molar-refractivity contribution in [1.82, 2.24) is 10.1 Å². The lowest BCUT2D eigenvalue weighted by atomic mass is 10.3. The Labute approximate surface area is 160 Å². The highest BCUT2D eigenvalue weighted by Crippen LogP contribution is 2.33. The Morgan fingerprint density at radius 1 is 1.00 bits per heavy atom. The van der Waals surface area contributed by atoms with E-state index >= 15 is 0 Å². The predicted molar refractivity (Wildman–Crippen MR) is 99.5 cm³/mol. The number of rotatable bonds is 7. The summed E-state index contributed by atoms with van der Waals surface area (Å²) in [6.07, 6.45) is -0.0815. The summed E-state index contributed by atoms with van der Waals surface area (Å²) in [5.41, 5.74) is 5.28. The zero-order chi connectivity index (χ0) is 18.4. The molecule has 134 valence electrons. The largest absolute Gasteiger partial charge is 0.296 e. The molecule has 0 fully saturated rings. The second-order valence-corrected chi connectivity index (χ2v) is 7.90. The predicted octanol–water partition coefficient (Wildman–Crippen LogP) is 3.46. The summed E-state index contributed by atoms with van der Waals surface area (Å²) < 4.78 is 26.4. The number of benzene rings is 2. The topological polar surface area (TPSA) is 87.3 Å². The number of halogens is 3. The number of carbonyl (C=O) groups excluding carboxylic acids is 1. The van der Waals surface area contributed by atoms with Crippen LogP contribution in [-0.2, 0) is 14.8 Å². The van der Waals surface area contributed by atoms with Crippen LogP contribution in [0.15, 0.2) is 47.4 Å². The van der Waals surface area contributed by atoms with Crippen molar-refractivity contribution in [2.24, 2.45) is 0 Å². The maximum absolute atomic E-state index is 12.0. The van der Waals surface area contributed by atoms with Gasteiger partial charge in [-0.3, -0.25) is 15.6 Å². The van der Waals surface area contributed by atoms with Gasteiger partial charge in [0.25, 0.3) is 0 Å². The van der Waals surface area contributed by atoms with Crippen molar-refractivity contribution in [2.45, 2.75) is 11.3 Å². The van der Waals surface area contributed by atoms with Crippen molar-refractivity contribution in [1.29, 1.82) is 0 Å². The molecule has 0 saturated heterocycles. The lowest BCUT2D eigenvalue weighted by Crippen LogP contribution is -2.33. The maximum atomic E-state index is 12.0. The summed E-state index contributed by atoms with van der Waals surface area (Å²) in [7, 11) is -3.65. The van der Waals surface area contributed by atoms with Gasteiger partial charge in [0.15, 0.2) is 0 Å². The molecule has 10 heteroatoms. The Morgan fingerprint density at radius 2 is 1.60 bits per heavy atom. The average molecular weight is 423 g/mol. The number of amides is 1. The van der Waals surface area contributed by atoms with Crippen LogP contribution in [0.2, 0.25) is 15.1 Å². The summed E-state index contributed by atoms with van der Waals surface area (Å²) in [5, 5.41) is 0.840. The Balaban J connectivity index is 1.84. The van der Waals surface area contributed by atoms with Crippen LogP contribution in [0.25, 0.3) is 0 Å². The van der Waals surface area contributed by atoms with Gasteiger partial charge in [0.1, 0.15) is 0 Å². The molecule has 6 nitrogen and oxygen atoms in total. The summed E-state index contributed by atoms with van der Waals surface area (Å²) in [6.45, 7) is -0.0627. The summed E-state index contributed by atoms with van der Waals surface area (Å²) >= 11 is 17.7. The normalized spacial score (nSPS) is 11.2. The molecule has 2 aromatic carbocycles. The fraction of sp³-hybridized carbons (Fsp3) is 0.133. The highest BCUT2D eigenvalue weighted by atomic mass is 35.5.